The minimum absolute atomic E-state index is 0.0897. The van der Waals surface area contributed by atoms with Gasteiger partial charge in [-0.05, 0) is 23.1 Å². The molecule has 1 fully saturated rings. The van der Waals surface area contributed by atoms with Crippen LogP contribution in [0.15, 0.2) is 36.4 Å². The number of carbonyl (C=O) groups excluding carboxylic acids is 1. The lowest BCUT2D eigenvalue weighted by Gasteiger charge is -2.20. The van der Waals surface area contributed by atoms with E-state index in [9.17, 15) is 4.79 Å². The number of ether oxygens (including phenoxy) is 2. The minimum atomic E-state index is -0.120. The highest BCUT2D eigenvalue weighted by Crippen LogP contribution is 2.24. The zero-order valence-electron chi connectivity index (χ0n) is 16.2. The van der Waals surface area contributed by atoms with Gasteiger partial charge in [0.05, 0.1) is 13.7 Å². The molecule has 0 bridgehead atoms. The van der Waals surface area contributed by atoms with E-state index < -0.39 is 0 Å². The van der Waals surface area contributed by atoms with Gasteiger partial charge in [-0.2, -0.15) is 0 Å². The molecule has 1 aromatic heterocycles. The molecule has 2 heterocycles. The van der Waals surface area contributed by atoms with Crippen LogP contribution in [-0.2, 0) is 5.41 Å². The third kappa shape index (κ3) is 4.87. The lowest BCUT2D eigenvalue weighted by molar-refractivity contribution is 0.188. The molecular weight excluding hydrogens is 344 g/mol. The highest BCUT2D eigenvalue weighted by atomic mass is 16.5. The van der Waals surface area contributed by atoms with E-state index in [0.29, 0.717) is 24.8 Å². The molecule has 2 aromatic rings. The number of rotatable bonds is 4. The van der Waals surface area contributed by atoms with Crippen molar-refractivity contribution in [3.05, 3.63) is 42.0 Å². The van der Waals surface area contributed by atoms with Crippen molar-refractivity contribution in [2.75, 3.05) is 25.5 Å². The molecule has 7 heteroatoms. The van der Waals surface area contributed by atoms with Crippen LogP contribution in [0.3, 0.4) is 0 Å². The summed E-state index contributed by atoms with van der Waals surface area (Å²) in [6.45, 7) is 7.65. The first-order valence-electron chi connectivity index (χ1n) is 9.06. The van der Waals surface area contributed by atoms with Crippen LogP contribution in [0.4, 0.5) is 10.5 Å². The Bertz CT molecular complexity index is 769. The predicted molar refractivity (Wildman–Crippen MR) is 103 cm³/mol. The second-order valence-corrected chi connectivity index (χ2v) is 7.65. The Labute approximate surface area is 159 Å². The molecule has 1 N–H and O–H groups in total. The second kappa shape index (κ2) is 7.82. The number of urea groups is 1. The highest BCUT2D eigenvalue weighted by molar-refractivity contribution is 5.89. The Morgan fingerprint density at radius 1 is 1.11 bits per heavy atom. The molecule has 1 saturated heterocycles. The van der Waals surface area contributed by atoms with Crippen LogP contribution in [0.2, 0.25) is 0 Å². The first kappa shape index (κ1) is 18.9. The summed E-state index contributed by atoms with van der Waals surface area (Å²) in [5, 5.41) is 10.8. The molecule has 7 nitrogen and oxygen atoms in total. The fourth-order valence-electron chi connectivity index (χ4n) is 2.92. The van der Waals surface area contributed by atoms with Gasteiger partial charge in [0.1, 0.15) is 6.10 Å². The quantitative estimate of drug-likeness (QED) is 0.892. The fourth-order valence-corrected chi connectivity index (χ4v) is 2.92. The van der Waals surface area contributed by atoms with Crippen molar-refractivity contribution in [2.24, 2.45) is 0 Å². The van der Waals surface area contributed by atoms with Gasteiger partial charge in [-0.3, -0.25) is 0 Å². The molecule has 144 valence electrons. The summed E-state index contributed by atoms with van der Waals surface area (Å²) in [5.74, 6) is 0.869. The van der Waals surface area contributed by atoms with E-state index in [1.807, 2.05) is 24.3 Å². The van der Waals surface area contributed by atoms with Crippen molar-refractivity contribution < 1.29 is 14.3 Å². The summed E-state index contributed by atoms with van der Waals surface area (Å²) < 4.78 is 10.8. The monoisotopic (exact) mass is 370 g/mol. The number of aromatic nitrogens is 2. The maximum atomic E-state index is 12.5. The van der Waals surface area contributed by atoms with E-state index in [2.05, 4.69) is 36.3 Å². The molecule has 27 heavy (non-hydrogen) atoms. The zero-order valence-corrected chi connectivity index (χ0v) is 16.2. The van der Waals surface area contributed by atoms with Gasteiger partial charge >= 0.3 is 6.03 Å². The third-order valence-electron chi connectivity index (χ3n) is 4.55. The maximum Gasteiger partial charge on any atom is 0.321 e. The summed E-state index contributed by atoms with van der Waals surface area (Å²) in [5.41, 5.74) is 2.11. The SMILES string of the molecule is COc1ccc(OC2CCN(C(=O)Nc3ccc(C(C)(C)C)cc3)C2)nn1. The molecule has 1 aliphatic heterocycles. The van der Waals surface area contributed by atoms with Crippen LogP contribution >= 0.6 is 0 Å². The standard InChI is InChI=1S/C20H26N4O3/c1-20(2,3)14-5-7-15(8-6-14)21-19(25)24-12-11-16(13-24)27-18-10-9-17(26-4)22-23-18/h5-10,16H,11-13H2,1-4H3,(H,21,25). The number of methoxy groups -OCH3 is 1. The van der Waals surface area contributed by atoms with E-state index in [-0.39, 0.29) is 17.6 Å². The minimum Gasteiger partial charge on any atom is -0.480 e. The van der Waals surface area contributed by atoms with Gasteiger partial charge in [0, 0.05) is 30.8 Å². The van der Waals surface area contributed by atoms with Crippen LogP contribution in [0.5, 0.6) is 11.8 Å². The Morgan fingerprint density at radius 2 is 1.78 bits per heavy atom. The third-order valence-corrected chi connectivity index (χ3v) is 4.55. The molecule has 0 aliphatic carbocycles. The molecule has 1 unspecified atom stereocenters. The highest BCUT2D eigenvalue weighted by Gasteiger charge is 2.28. The maximum absolute atomic E-state index is 12.5. The van der Waals surface area contributed by atoms with Gasteiger partial charge < -0.3 is 19.7 Å². The first-order chi connectivity index (χ1) is 12.8. The summed E-state index contributed by atoms with van der Waals surface area (Å²) in [6, 6.07) is 11.3. The lowest BCUT2D eigenvalue weighted by atomic mass is 9.87. The van der Waals surface area contributed by atoms with Crippen molar-refractivity contribution in [2.45, 2.75) is 38.7 Å². The summed E-state index contributed by atoms with van der Waals surface area (Å²) >= 11 is 0. The number of nitrogens with zero attached hydrogens (tertiary/aromatic N) is 3. The van der Waals surface area contributed by atoms with Crippen LogP contribution in [-0.4, -0.2) is 47.4 Å². The Morgan fingerprint density at radius 3 is 2.37 bits per heavy atom. The molecule has 0 saturated carbocycles. The van der Waals surface area contributed by atoms with Crippen molar-refractivity contribution >= 4 is 11.7 Å². The normalized spacial score (nSPS) is 16.9. The smallest absolute Gasteiger partial charge is 0.321 e. The van der Waals surface area contributed by atoms with Crippen LogP contribution in [0, 0.1) is 0 Å². The number of anilines is 1. The number of nitrogens with one attached hydrogen (secondary N) is 1. The Balaban J connectivity index is 1.52. The van der Waals surface area contributed by atoms with Gasteiger partial charge in [0.2, 0.25) is 11.8 Å². The van der Waals surface area contributed by atoms with Crippen molar-refractivity contribution in [3.63, 3.8) is 0 Å². The van der Waals surface area contributed by atoms with Crippen LogP contribution in [0.1, 0.15) is 32.8 Å². The van der Waals surface area contributed by atoms with Gasteiger partial charge in [-0.25, -0.2) is 4.79 Å². The van der Waals surface area contributed by atoms with Crippen molar-refractivity contribution in [3.8, 4) is 11.8 Å². The van der Waals surface area contributed by atoms with E-state index >= 15 is 0 Å². The Kier molecular flexibility index (Phi) is 5.48. The van der Waals surface area contributed by atoms with Gasteiger partial charge in [-0.1, -0.05) is 32.9 Å². The molecule has 1 atom stereocenters. The first-order valence-corrected chi connectivity index (χ1v) is 9.06. The number of amides is 2. The second-order valence-electron chi connectivity index (χ2n) is 7.65. The number of benzene rings is 1. The summed E-state index contributed by atoms with van der Waals surface area (Å²) in [7, 11) is 1.54. The average Bonchev–Trinajstić information content (AvgIpc) is 3.11. The number of hydrogen-bond donors (Lipinski definition) is 1. The fraction of sp³-hybridized carbons (Fsp3) is 0.450. The number of likely N-dealkylation sites (tertiary alicyclic amines) is 1. The molecule has 2 amide bonds. The number of carbonyl (C=O) groups is 1. The largest absolute Gasteiger partial charge is 0.480 e. The summed E-state index contributed by atoms with van der Waals surface area (Å²) in [4.78, 5) is 14.2. The van der Waals surface area contributed by atoms with E-state index in [1.54, 1.807) is 17.0 Å². The average molecular weight is 370 g/mol. The van der Waals surface area contributed by atoms with Crippen molar-refractivity contribution in [1.82, 2.24) is 15.1 Å². The lowest BCUT2D eigenvalue weighted by Crippen LogP contribution is -2.34. The molecule has 0 radical (unpaired) electrons. The van der Waals surface area contributed by atoms with E-state index in [0.717, 1.165) is 12.1 Å². The van der Waals surface area contributed by atoms with Crippen molar-refractivity contribution in [1.29, 1.82) is 0 Å². The topological polar surface area (TPSA) is 76.6 Å². The van der Waals surface area contributed by atoms with Gasteiger partial charge in [0.15, 0.2) is 0 Å². The van der Waals surface area contributed by atoms with E-state index in [1.165, 1.54) is 12.7 Å². The van der Waals surface area contributed by atoms with Crippen LogP contribution in [0.25, 0.3) is 0 Å². The van der Waals surface area contributed by atoms with E-state index in [4.69, 9.17) is 9.47 Å². The predicted octanol–water partition coefficient (Wildman–Crippen LogP) is 3.47. The van der Waals surface area contributed by atoms with Gasteiger partial charge in [-0.15, -0.1) is 10.2 Å². The summed E-state index contributed by atoms with van der Waals surface area (Å²) in [6.07, 6.45) is 0.658. The zero-order chi connectivity index (χ0) is 19.4. The molecule has 0 spiro atoms. The number of hydrogen-bond acceptors (Lipinski definition) is 5. The Hall–Kier alpha value is -2.83. The van der Waals surface area contributed by atoms with Gasteiger partial charge in [0.25, 0.3) is 0 Å². The molecular formula is C20H26N4O3. The molecule has 3 rings (SSSR count). The molecule has 1 aromatic carbocycles. The van der Waals surface area contributed by atoms with Crippen LogP contribution < -0.4 is 14.8 Å². The molecule has 1 aliphatic rings.